The van der Waals surface area contributed by atoms with Crippen LogP contribution in [0.2, 0.25) is 0 Å². The van der Waals surface area contributed by atoms with Crippen LogP contribution in [-0.4, -0.2) is 70.1 Å². The summed E-state index contributed by atoms with van der Waals surface area (Å²) in [5, 5.41) is 11.5. The normalized spacial score (nSPS) is 13.8. The number of nitrogens with one attached hydrogen (secondary N) is 1. The lowest BCUT2D eigenvalue weighted by molar-refractivity contribution is -0.140. The van der Waals surface area contributed by atoms with Crippen LogP contribution >= 0.6 is 0 Å². The number of hydrogen-bond donors (Lipinski definition) is 1. The molecule has 3 heterocycles. The zero-order chi connectivity index (χ0) is 30.3. The van der Waals surface area contributed by atoms with Crippen LogP contribution in [0.5, 0.6) is 5.75 Å². The summed E-state index contributed by atoms with van der Waals surface area (Å²) in [4.78, 5) is 36.4. The fourth-order valence-corrected chi connectivity index (χ4v) is 5.31. The SMILES string of the molecule is COc1ccc(C(C(=O)Nc2ccc(N3CCOCC3)cc2)N(Cc2cccnc2)C(=O)Cn2nnc3ccccc32)cc1. The molecule has 1 fully saturated rings. The quantitative estimate of drug-likeness (QED) is 0.259. The van der Waals surface area contributed by atoms with E-state index in [0.29, 0.717) is 35.7 Å². The maximum Gasteiger partial charge on any atom is 0.251 e. The average Bonchev–Trinajstić information content (AvgIpc) is 3.48. The molecule has 0 spiro atoms. The summed E-state index contributed by atoms with van der Waals surface area (Å²) in [6, 6.07) is 25.1. The number of nitrogens with zero attached hydrogens (tertiary/aromatic N) is 6. The molecule has 1 aliphatic heterocycles. The summed E-state index contributed by atoms with van der Waals surface area (Å²) in [6.07, 6.45) is 3.37. The number of aromatic nitrogens is 4. The fourth-order valence-electron chi connectivity index (χ4n) is 5.31. The number of methoxy groups -OCH3 is 1. The summed E-state index contributed by atoms with van der Waals surface area (Å²) in [5.41, 5.74) is 4.52. The zero-order valence-corrected chi connectivity index (χ0v) is 24.4. The van der Waals surface area contributed by atoms with Crippen molar-refractivity contribution in [3.05, 3.63) is 108 Å². The molecule has 0 radical (unpaired) electrons. The number of amides is 2. The maximum atomic E-state index is 14.2. The van der Waals surface area contributed by atoms with Gasteiger partial charge in [-0.2, -0.15) is 0 Å². The van der Waals surface area contributed by atoms with Gasteiger partial charge in [-0.3, -0.25) is 14.6 Å². The minimum absolute atomic E-state index is 0.102. The summed E-state index contributed by atoms with van der Waals surface area (Å²) in [5.74, 6) is -0.0102. The van der Waals surface area contributed by atoms with Gasteiger partial charge in [0.15, 0.2) is 0 Å². The van der Waals surface area contributed by atoms with Gasteiger partial charge in [-0.15, -0.1) is 5.10 Å². The summed E-state index contributed by atoms with van der Waals surface area (Å²) < 4.78 is 12.4. The molecule has 0 bridgehead atoms. The third-order valence-electron chi connectivity index (χ3n) is 7.60. The van der Waals surface area contributed by atoms with Crippen LogP contribution in [0.3, 0.4) is 0 Å². The predicted molar refractivity (Wildman–Crippen MR) is 166 cm³/mol. The lowest BCUT2D eigenvalue weighted by Gasteiger charge is -2.32. The van der Waals surface area contributed by atoms with Crippen LogP contribution in [0.1, 0.15) is 17.2 Å². The fraction of sp³-hybridized carbons (Fsp3) is 0.242. The van der Waals surface area contributed by atoms with E-state index >= 15 is 0 Å². The van der Waals surface area contributed by atoms with Gasteiger partial charge in [0.05, 0.1) is 25.8 Å². The summed E-state index contributed by atoms with van der Waals surface area (Å²) in [6.45, 7) is 3.06. The van der Waals surface area contributed by atoms with Gasteiger partial charge < -0.3 is 24.6 Å². The third kappa shape index (κ3) is 6.52. The molecule has 1 atom stereocenters. The molecular weight excluding hydrogens is 558 g/mol. The first kappa shape index (κ1) is 28.8. The maximum absolute atomic E-state index is 14.2. The molecule has 44 heavy (non-hydrogen) atoms. The van der Waals surface area contributed by atoms with Crippen molar-refractivity contribution in [3.63, 3.8) is 0 Å². The Morgan fingerprint density at radius 3 is 2.48 bits per heavy atom. The van der Waals surface area contributed by atoms with Crippen molar-refractivity contribution in [3.8, 4) is 5.75 Å². The Morgan fingerprint density at radius 1 is 0.977 bits per heavy atom. The van der Waals surface area contributed by atoms with E-state index in [1.54, 1.807) is 59.4 Å². The van der Waals surface area contributed by atoms with Crippen molar-refractivity contribution >= 4 is 34.2 Å². The molecule has 5 aromatic rings. The Labute approximate surface area is 255 Å². The second kappa shape index (κ2) is 13.3. The molecule has 224 valence electrons. The van der Waals surface area contributed by atoms with Crippen molar-refractivity contribution in [1.29, 1.82) is 0 Å². The van der Waals surface area contributed by atoms with Crippen LogP contribution < -0.4 is 15.0 Å². The highest BCUT2D eigenvalue weighted by Crippen LogP contribution is 2.28. The van der Waals surface area contributed by atoms with E-state index < -0.39 is 6.04 Å². The van der Waals surface area contributed by atoms with Crippen LogP contribution in [0, 0.1) is 0 Å². The van der Waals surface area contributed by atoms with Crippen molar-refractivity contribution in [2.45, 2.75) is 19.1 Å². The van der Waals surface area contributed by atoms with Crippen LogP contribution in [-0.2, 0) is 27.4 Å². The van der Waals surface area contributed by atoms with Gasteiger partial charge in [-0.25, -0.2) is 4.68 Å². The summed E-state index contributed by atoms with van der Waals surface area (Å²) >= 11 is 0. The number of anilines is 2. The molecule has 1 saturated heterocycles. The molecule has 6 rings (SSSR count). The zero-order valence-electron chi connectivity index (χ0n) is 24.4. The number of pyridine rings is 1. The number of fused-ring (bicyclic) bond motifs is 1. The number of carbonyl (C=O) groups is 2. The molecule has 1 N–H and O–H groups in total. The highest BCUT2D eigenvalue weighted by Gasteiger charge is 2.32. The number of carbonyl (C=O) groups excluding carboxylic acids is 2. The second-order valence-electron chi connectivity index (χ2n) is 10.4. The molecule has 2 amide bonds. The first-order valence-corrected chi connectivity index (χ1v) is 14.4. The smallest absolute Gasteiger partial charge is 0.251 e. The predicted octanol–water partition coefficient (Wildman–Crippen LogP) is 4.08. The Morgan fingerprint density at radius 2 is 1.75 bits per heavy atom. The van der Waals surface area contributed by atoms with E-state index in [1.165, 1.54) is 0 Å². The molecule has 2 aromatic heterocycles. The lowest BCUT2D eigenvalue weighted by Crippen LogP contribution is -2.42. The van der Waals surface area contributed by atoms with Crippen molar-refractivity contribution in [1.82, 2.24) is 24.9 Å². The molecule has 11 heteroatoms. The number of ether oxygens (including phenoxy) is 2. The van der Waals surface area contributed by atoms with E-state index in [9.17, 15) is 9.59 Å². The molecule has 1 unspecified atom stereocenters. The number of para-hydroxylation sites is 1. The highest BCUT2D eigenvalue weighted by molar-refractivity contribution is 5.98. The van der Waals surface area contributed by atoms with Crippen molar-refractivity contribution < 1.29 is 19.1 Å². The Bertz CT molecular complexity index is 1700. The molecule has 3 aromatic carbocycles. The standard InChI is InChI=1S/C33H33N7O4/c1-43-28-14-8-25(9-15-28)32(33(42)35-26-10-12-27(13-11-26)38-17-19-44-20-18-38)39(22-24-5-4-16-34-21-24)31(41)23-40-30-7-3-2-6-29(30)36-37-40/h2-16,21,32H,17-20,22-23H2,1H3,(H,35,42). The molecule has 1 aliphatic rings. The molecular formula is C33H33N7O4. The van der Waals surface area contributed by atoms with Gasteiger partial charge in [-0.05, 0) is 65.7 Å². The number of hydrogen-bond acceptors (Lipinski definition) is 8. The monoisotopic (exact) mass is 591 g/mol. The van der Waals surface area contributed by atoms with Crippen molar-refractivity contribution in [2.24, 2.45) is 0 Å². The Balaban J connectivity index is 1.33. The van der Waals surface area contributed by atoms with Gasteiger partial charge in [0.1, 0.15) is 23.9 Å². The largest absolute Gasteiger partial charge is 0.497 e. The molecule has 0 aliphatic carbocycles. The number of rotatable bonds is 10. The Kier molecular flexibility index (Phi) is 8.74. The van der Waals surface area contributed by atoms with Gasteiger partial charge in [0, 0.05) is 43.4 Å². The number of benzene rings is 3. The summed E-state index contributed by atoms with van der Waals surface area (Å²) in [7, 11) is 1.58. The first-order valence-electron chi connectivity index (χ1n) is 14.4. The van der Waals surface area contributed by atoms with E-state index in [-0.39, 0.29) is 24.9 Å². The third-order valence-corrected chi connectivity index (χ3v) is 7.60. The van der Waals surface area contributed by atoms with Gasteiger partial charge in [0.25, 0.3) is 5.91 Å². The van der Waals surface area contributed by atoms with Gasteiger partial charge in [-0.1, -0.05) is 35.5 Å². The van der Waals surface area contributed by atoms with Gasteiger partial charge in [0.2, 0.25) is 5.91 Å². The molecule has 11 nitrogen and oxygen atoms in total. The first-order chi connectivity index (χ1) is 21.6. The van der Waals surface area contributed by atoms with E-state index in [4.69, 9.17) is 9.47 Å². The van der Waals surface area contributed by atoms with E-state index in [0.717, 1.165) is 29.9 Å². The van der Waals surface area contributed by atoms with Crippen LogP contribution in [0.15, 0.2) is 97.3 Å². The van der Waals surface area contributed by atoms with E-state index in [2.05, 4.69) is 25.5 Å². The van der Waals surface area contributed by atoms with E-state index in [1.807, 2.05) is 54.6 Å². The van der Waals surface area contributed by atoms with Crippen LogP contribution in [0.25, 0.3) is 11.0 Å². The minimum atomic E-state index is -0.970. The minimum Gasteiger partial charge on any atom is -0.497 e. The number of morpholine rings is 1. The highest BCUT2D eigenvalue weighted by atomic mass is 16.5. The van der Waals surface area contributed by atoms with Gasteiger partial charge >= 0.3 is 0 Å². The molecule has 0 saturated carbocycles. The van der Waals surface area contributed by atoms with Crippen molar-refractivity contribution in [2.75, 3.05) is 43.6 Å². The van der Waals surface area contributed by atoms with Crippen LogP contribution in [0.4, 0.5) is 11.4 Å². The second-order valence-corrected chi connectivity index (χ2v) is 10.4. The topological polar surface area (TPSA) is 115 Å². The lowest BCUT2D eigenvalue weighted by atomic mass is 10.0. The Hall–Kier alpha value is -5.29. The average molecular weight is 592 g/mol.